The molecule has 1 heterocycles. The average molecular weight is 311 g/mol. The maximum Gasteiger partial charge on any atom is 0.317 e. The molecule has 5 nitrogen and oxygen atoms in total. The SMILES string of the molecule is CC(C)Cc1ncc(CNC(=O)N(C)CC(O)C2CC2)s1. The van der Waals surface area contributed by atoms with Crippen LogP contribution in [0.25, 0.3) is 0 Å². The van der Waals surface area contributed by atoms with Gasteiger partial charge in [-0.1, -0.05) is 13.8 Å². The molecule has 1 saturated carbocycles. The number of hydrogen-bond acceptors (Lipinski definition) is 4. The number of urea groups is 1. The summed E-state index contributed by atoms with van der Waals surface area (Å²) >= 11 is 1.65. The van der Waals surface area contributed by atoms with Crippen LogP contribution in [0.3, 0.4) is 0 Å². The summed E-state index contributed by atoms with van der Waals surface area (Å²) in [6, 6.07) is -0.145. The van der Waals surface area contributed by atoms with Gasteiger partial charge in [-0.15, -0.1) is 11.3 Å². The second kappa shape index (κ2) is 7.22. The molecule has 1 aromatic heterocycles. The molecule has 0 aromatic carbocycles. The van der Waals surface area contributed by atoms with Crippen LogP contribution in [0.4, 0.5) is 4.79 Å². The van der Waals surface area contributed by atoms with Crippen molar-refractivity contribution in [1.29, 1.82) is 0 Å². The number of rotatable bonds is 7. The van der Waals surface area contributed by atoms with Gasteiger partial charge in [0.25, 0.3) is 0 Å². The zero-order valence-corrected chi connectivity index (χ0v) is 13.8. The van der Waals surface area contributed by atoms with Crippen molar-refractivity contribution in [2.75, 3.05) is 13.6 Å². The molecule has 1 fully saturated rings. The summed E-state index contributed by atoms with van der Waals surface area (Å²) < 4.78 is 0. The van der Waals surface area contributed by atoms with E-state index in [4.69, 9.17) is 0 Å². The second-order valence-electron chi connectivity index (χ2n) is 6.26. The van der Waals surface area contributed by atoms with Gasteiger partial charge in [-0.2, -0.15) is 0 Å². The molecule has 0 spiro atoms. The monoisotopic (exact) mass is 311 g/mol. The highest BCUT2D eigenvalue weighted by Gasteiger charge is 2.31. The minimum absolute atomic E-state index is 0.145. The van der Waals surface area contributed by atoms with Gasteiger partial charge in [0, 0.05) is 31.1 Å². The molecule has 1 atom stereocenters. The third-order valence-corrected chi connectivity index (χ3v) is 4.59. The Balaban J connectivity index is 1.73. The molecule has 2 N–H and O–H groups in total. The molecule has 0 saturated heterocycles. The van der Waals surface area contributed by atoms with Crippen LogP contribution >= 0.6 is 11.3 Å². The standard InChI is InChI=1S/C15H25N3O2S/c1-10(2)6-14-16-7-12(21-14)8-17-15(20)18(3)9-13(19)11-4-5-11/h7,10-11,13,19H,4-6,8-9H2,1-3H3,(H,17,20). The molecule has 1 aliphatic rings. The van der Waals surface area contributed by atoms with Gasteiger partial charge in [-0.25, -0.2) is 9.78 Å². The molecule has 1 unspecified atom stereocenters. The Hall–Kier alpha value is -1.14. The van der Waals surface area contributed by atoms with Crippen molar-refractivity contribution in [1.82, 2.24) is 15.2 Å². The van der Waals surface area contributed by atoms with Crippen molar-refractivity contribution in [3.05, 3.63) is 16.1 Å². The second-order valence-corrected chi connectivity index (χ2v) is 7.46. The summed E-state index contributed by atoms with van der Waals surface area (Å²) in [7, 11) is 1.72. The van der Waals surface area contributed by atoms with Crippen LogP contribution in [0.1, 0.15) is 36.6 Å². The fraction of sp³-hybridized carbons (Fsp3) is 0.733. The molecular weight excluding hydrogens is 286 g/mol. The summed E-state index contributed by atoms with van der Waals surface area (Å²) in [6.07, 6.45) is 4.59. The van der Waals surface area contributed by atoms with Crippen LogP contribution in [0.5, 0.6) is 0 Å². The molecule has 6 heteroatoms. The lowest BCUT2D eigenvalue weighted by Crippen LogP contribution is -2.41. The van der Waals surface area contributed by atoms with Gasteiger partial charge in [-0.05, 0) is 24.7 Å². The van der Waals surface area contributed by atoms with E-state index in [1.807, 2.05) is 6.20 Å². The Labute approximate surface area is 130 Å². The highest BCUT2D eigenvalue weighted by atomic mass is 32.1. The molecule has 0 bridgehead atoms. The lowest BCUT2D eigenvalue weighted by Gasteiger charge is -2.20. The maximum atomic E-state index is 12.0. The molecule has 118 valence electrons. The number of hydrogen-bond donors (Lipinski definition) is 2. The first kappa shape index (κ1) is 16.2. The first-order valence-corrected chi connectivity index (χ1v) is 8.38. The van der Waals surface area contributed by atoms with E-state index in [-0.39, 0.29) is 12.1 Å². The van der Waals surface area contributed by atoms with Crippen LogP contribution in [0.15, 0.2) is 6.20 Å². The predicted molar refractivity (Wildman–Crippen MR) is 84.3 cm³/mol. The molecule has 21 heavy (non-hydrogen) atoms. The van der Waals surface area contributed by atoms with Crippen LogP contribution in [-0.4, -0.2) is 40.7 Å². The Morgan fingerprint density at radius 2 is 2.29 bits per heavy atom. The van der Waals surface area contributed by atoms with Gasteiger partial charge in [-0.3, -0.25) is 0 Å². The van der Waals surface area contributed by atoms with Crippen molar-refractivity contribution in [3.8, 4) is 0 Å². The summed E-state index contributed by atoms with van der Waals surface area (Å²) in [5, 5.41) is 13.8. The predicted octanol–water partition coefficient (Wildman–Crippen LogP) is 2.25. The quantitative estimate of drug-likeness (QED) is 0.812. The third kappa shape index (κ3) is 5.28. The number of amides is 2. The molecular formula is C15H25N3O2S. The Morgan fingerprint density at radius 3 is 2.90 bits per heavy atom. The zero-order chi connectivity index (χ0) is 15.4. The normalized spacial score (nSPS) is 16.0. The minimum Gasteiger partial charge on any atom is -0.391 e. The molecule has 2 rings (SSSR count). The summed E-state index contributed by atoms with van der Waals surface area (Å²) in [4.78, 5) is 19.0. The van der Waals surface area contributed by atoms with Gasteiger partial charge < -0.3 is 15.3 Å². The summed E-state index contributed by atoms with van der Waals surface area (Å²) in [5.74, 6) is 0.981. The van der Waals surface area contributed by atoms with Crippen molar-refractivity contribution in [2.24, 2.45) is 11.8 Å². The van der Waals surface area contributed by atoms with Crippen LogP contribution < -0.4 is 5.32 Å². The number of carbonyl (C=O) groups is 1. The van der Waals surface area contributed by atoms with Gasteiger partial charge in [0.1, 0.15) is 0 Å². The van der Waals surface area contributed by atoms with Gasteiger partial charge in [0.2, 0.25) is 0 Å². The van der Waals surface area contributed by atoms with E-state index in [1.165, 1.54) is 0 Å². The van der Waals surface area contributed by atoms with E-state index in [2.05, 4.69) is 24.1 Å². The van der Waals surface area contributed by atoms with Crippen molar-refractivity contribution < 1.29 is 9.90 Å². The van der Waals surface area contributed by atoms with E-state index in [0.717, 1.165) is 29.1 Å². The maximum absolute atomic E-state index is 12.0. The third-order valence-electron chi connectivity index (χ3n) is 3.57. The average Bonchev–Trinajstić information content (AvgIpc) is 3.17. The smallest absolute Gasteiger partial charge is 0.317 e. The van der Waals surface area contributed by atoms with Crippen LogP contribution in [-0.2, 0) is 13.0 Å². The van der Waals surface area contributed by atoms with Crippen LogP contribution in [0, 0.1) is 11.8 Å². The largest absolute Gasteiger partial charge is 0.391 e. The van der Waals surface area contributed by atoms with Gasteiger partial charge >= 0.3 is 6.03 Å². The number of carbonyl (C=O) groups excluding carboxylic acids is 1. The number of aromatic nitrogens is 1. The fourth-order valence-electron chi connectivity index (χ4n) is 2.16. The fourth-order valence-corrected chi connectivity index (χ4v) is 3.24. The molecule has 0 aliphatic heterocycles. The van der Waals surface area contributed by atoms with E-state index in [0.29, 0.717) is 24.9 Å². The molecule has 1 aliphatic carbocycles. The summed E-state index contributed by atoms with van der Waals surface area (Å²) in [6.45, 7) is 5.24. The Kier molecular flexibility index (Phi) is 5.58. The number of likely N-dealkylation sites (N-methyl/N-ethyl adjacent to an activating group) is 1. The van der Waals surface area contributed by atoms with E-state index in [1.54, 1.807) is 23.3 Å². The van der Waals surface area contributed by atoms with Crippen molar-refractivity contribution in [3.63, 3.8) is 0 Å². The summed E-state index contributed by atoms with van der Waals surface area (Å²) in [5.41, 5.74) is 0. The Morgan fingerprint density at radius 1 is 1.57 bits per heavy atom. The number of aliphatic hydroxyl groups excluding tert-OH is 1. The van der Waals surface area contributed by atoms with Crippen molar-refractivity contribution >= 4 is 17.4 Å². The zero-order valence-electron chi connectivity index (χ0n) is 13.0. The topological polar surface area (TPSA) is 65.5 Å². The van der Waals surface area contributed by atoms with Gasteiger partial charge in [0.05, 0.1) is 17.7 Å². The highest BCUT2D eigenvalue weighted by molar-refractivity contribution is 7.11. The number of nitrogens with zero attached hydrogens (tertiary/aromatic N) is 2. The molecule has 0 radical (unpaired) electrons. The molecule has 1 aromatic rings. The van der Waals surface area contributed by atoms with E-state index >= 15 is 0 Å². The lowest BCUT2D eigenvalue weighted by atomic mass is 10.1. The number of aliphatic hydroxyl groups is 1. The lowest BCUT2D eigenvalue weighted by molar-refractivity contribution is 0.113. The van der Waals surface area contributed by atoms with Crippen molar-refractivity contribution in [2.45, 2.75) is 45.8 Å². The van der Waals surface area contributed by atoms with Gasteiger partial charge in [0.15, 0.2) is 0 Å². The number of nitrogens with one attached hydrogen (secondary N) is 1. The molecule has 2 amide bonds. The van der Waals surface area contributed by atoms with E-state index in [9.17, 15) is 9.90 Å². The Bertz CT molecular complexity index is 471. The minimum atomic E-state index is -0.387. The highest BCUT2D eigenvalue weighted by Crippen LogP contribution is 2.32. The van der Waals surface area contributed by atoms with Crippen LogP contribution in [0.2, 0.25) is 0 Å². The van der Waals surface area contributed by atoms with E-state index < -0.39 is 0 Å². The first-order valence-electron chi connectivity index (χ1n) is 7.56. The number of thiazole rings is 1. The first-order chi connectivity index (χ1) is 9.95.